The Hall–Kier alpha value is -2.44. The van der Waals surface area contributed by atoms with Crippen LogP contribution in [-0.4, -0.2) is 24.6 Å². The van der Waals surface area contributed by atoms with Gasteiger partial charge >= 0.3 is 5.69 Å². The highest BCUT2D eigenvalue weighted by Crippen LogP contribution is 2.17. The number of hydrogen-bond acceptors (Lipinski definition) is 4. The topological polar surface area (TPSA) is 78.9 Å². The van der Waals surface area contributed by atoms with E-state index >= 15 is 0 Å². The van der Waals surface area contributed by atoms with Crippen LogP contribution in [0.1, 0.15) is 69.9 Å². The third-order valence-electron chi connectivity index (χ3n) is 5.02. The van der Waals surface area contributed by atoms with Crippen molar-refractivity contribution in [3.63, 3.8) is 0 Å². The first-order valence-corrected chi connectivity index (χ1v) is 9.94. The maximum atomic E-state index is 13.0. The van der Waals surface area contributed by atoms with Gasteiger partial charge < -0.3 is 4.57 Å². The van der Waals surface area contributed by atoms with E-state index in [0.717, 1.165) is 42.5 Å². The lowest BCUT2D eigenvalue weighted by molar-refractivity contribution is 0.0754. The van der Waals surface area contributed by atoms with Crippen LogP contribution in [-0.2, 0) is 20.5 Å². The minimum atomic E-state index is -0.837. The molecule has 0 unspecified atom stereocenters. The lowest BCUT2D eigenvalue weighted by atomic mass is 9.95. The Bertz CT molecular complexity index is 986. The van der Waals surface area contributed by atoms with E-state index in [4.69, 9.17) is 0 Å². The number of hydrogen-bond donors (Lipinski definition) is 0. The molecule has 0 aliphatic rings. The zero-order valence-corrected chi connectivity index (χ0v) is 17.7. The van der Waals surface area contributed by atoms with Crippen molar-refractivity contribution in [2.24, 2.45) is 19.5 Å². The predicted molar refractivity (Wildman–Crippen MR) is 112 cm³/mol. The first-order valence-electron chi connectivity index (χ1n) is 9.94. The van der Waals surface area contributed by atoms with Gasteiger partial charge in [0.1, 0.15) is 5.82 Å². The molecule has 0 amide bonds. The van der Waals surface area contributed by atoms with E-state index in [1.165, 1.54) is 17.4 Å². The molecule has 0 spiro atoms. The molecular formula is C21H32N4O3. The van der Waals surface area contributed by atoms with Gasteiger partial charge in [0.25, 0.3) is 5.56 Å². The van der Waals surface area contributed by atoms with Crippen molar-refractivity contribution in [2.45, 2.75) is 65.7 Å². The van der Waals surface area contributed by atoms with E-state index in [-0.39, 0.29) is 0 Å². The van der Waals surface area contributed by atoms with Crippen LogP contribution < -0.4 is 11.2 Å². The molecule has 0 fully saturated rings. The van der Waals surface area contributed by atoms with Crippen molar-refractivity contribution in [3.8, 4) is 0 Å². The van der Waals surface area contributed by atoms with Crippen LogP contribution in [0.2, 0.25) is 0 Å². The van der Waals surface area contributed by atoms with E-state index < -0.39 is 22.6 Å². The van der Waals surface area contributed by atoms with Crippen molar-refractivity contribution in [2.75, 3.05) is 0 Å². The van der Waals surface area contributed by atoms with E-state index in [1.54, 1.807) is 39.4 Å². The van der Waals surface area contributed by atoms with Gasteiger partial charge in [-0.3, -0.25) is 14.2 Å². The molecule has 154 valence electrons. The zero-order valence-electron chi connectivity index (χ0n) is 17.7. The molecule has 0 atom stereocenters. The number of allylic oxidation sites excluding steroid dienone is 1. The Morgan fingerprint density at radius 3 is 2.25 bits per heavy atom. The van der Waals surface area contributed by atoms with Crippen LogP contribution in [0.3, 0.4) is 0 Å². The van der Waals surface area contributed by atoms with Crippen molar-refractivity contribution >= 4 is 17.1 Å². The quantitative estimate of drug-likeness (QED) is 0.514. The Labute approximate surface area is 165 Å². The summed E-state index contributed by atoms with van der Waals surface area (Å²) in [6, 6.07) is 0. The molecule has 7 heteroatoms. The van der Waals surface area contributed by atoms with Gasteiger partial charge in [0.15, 0.2) is 11.2 Å². The number of aromatic nitrogens is 4. The summed E-state index contributed by atoms with van der Waals surface area (Å²) in [5.74, 6) is 0.247. The number of fused-ring (bicyclic) bond motifs is 1. The van der Waals surface area contributed by atoms with Gasteiger partial charge in [0.05, 0.1) is 0 Å². The summed E-state index contributed by atoms with van der Waals surface area (Å²) in [4.78, 5) is 42.8. The van der Waals surface area contributed by atoms with Crippen molar-refractivity contribution in [1.82, 2.24) is 18.7 Å². The first-order chi connectivity index (χ1) is 13.1. The molecule has 0 saturated carbocycles. The molecule has 2 heterocycles. The van der Waals surface area contributed by atoms with Gasteiger partial charge in [-0.25, -0.2) is 9.78 Å². The number of unbranched alkanes of at least 4 members (excludes halogenated alkanes) is 5. The summed E-state index contributed by atoms with van der Waals surface area (Å²) in [7, 11) is 3.32. The fraction of sp³-hybridized carbons (Fsp3) is 0.619. The summed E-state index contributed by atoms with van der Waals surface area (Å²) in [5, 5.41) is 0. The van der Waals surface area contributed by atoms with Gasteiger partial charge in [0.2, 0.25) is 5.91 Å². The zero-order chi connectivity index (χ0) is 21.1. The van der Waals surface area contributed by atoms with Gasteiger partial charge in [-0.05, 0) is 19.3 Å². The maximum absolute atomic E-state index is 13.0. The molecule has 2 aromatic heterocycles. The molecule has 0 aliphatic carbocycles. The molecule has 0 aliphatic heterocycles. The minimum absolute atomic E-state index is 0.292. The lowest BCUT2D eigenvalue weighted by Crippen LogP contribution is -2.47. The number of rotatable bonds is 8. The van der Waals surface area contributed by atoms with Crippen LogP contribution >= 0.6 is 0 Å². The number of aryl methyl sites for hydroxylation is 3. The molecule has 2 aromatic rings. The van der Waals surface area contributed by atoms with E-state index in [1.807, 2.05) is 6.08 Å². The van der Waals surface area contributed by atoms with Crippen molar-refractivity contribution < 1.29 is 4.79 Å². The standard InChI is InChI=1S/C21H32N4O3/c1-7-8-9-10-11-12-13-14-15-22-17-16(23(15)5)18(26)25(20(28)24(17)6)19(27)21(2,3)4/h7H,1,8-14H2,2-6H3. The summed E-state index contributed by atoms with van der Waals surface area (Å²) < 4.78 is 3.76. The van der Waals surface area contributed by atoms with Gasteiger partial charge in [-0.1, -0.05) is 46.1 Å². The second-order valence-electron chi connectivity index (χ2n) is 8.39. The summed E-state index contributed by atoms with van der Waals surface area (Å²) >= 11 is 0. The van der Waals surface area contributed by atoms with Gasteiger partial charge in [0, 0.05) is 25.9 Å². The average Bonchev–Trinajstić information content (AvgIpc) is 2.95. The third-order valence-corrected chi connectivity index (χ3v) is 5.02. The van der Waals surface area contributed by atoms with E-state index in [9.17, 15) is 14.4 Å². The highest BCUT2D eigenvalue weighted by Gasteiger charge is 2.29. The second-order valence-corrected chi connectivity index (χ2v) is 8.39. The Morgan fingerprint density at radius 1 is 1.04 bits per heavy atom. The predicted octanol–water partition coefficient (Wildman–Crippen LogP) is 3.19. The Kier molecular flexibility index (Phi) is 6.80. The van der Waals surface area contributed by atoms with Gasteiger partial charge in [-0.15, -0.1) is 6.58 Å². The molecule has 28 heavy (non-hydrogen) atoms. The first kappa shape index (κ1) is 21.9. The Morgan fingerprint density at radius 2 is 1.64 bits per heavy atom. The molecule has 0 N–H and O–H groups in total. The van der Waals surface area contributed by atoms with Crippen LogP contribution in [0.4, 0.5) is 0 Å². The fourth-order valence-corrected chi connectivity index (χ4v) is 3.28. The third kappa shape index (κ3) is 4.34. The molecule has 2 rings (SSSR count). The van der Waals surface area contributed by atoms with Crippen LogP contribution in [0.15, 0.2) is 22.2 Å². The van der Waals surface area contributed by atoms with Crippen molar-refractivity contribution in [3.05, 3.63) is 39.3 Å². The SMILES string of the molecule is C=CCCCCCCCc1nc2c(c(=O)n(C(=O)C(C)(C)C)c(=O)n2C)n1C. The highest BCUT2D eigenvalue weighted by molar-refractivity contribution is 5.85. The highest BCUT2D eigenvalue weighted by atomic mass is 16.2. The number of imidazole rings is 1. The smallest absolute Gasteiger partial charge is 0.325 e. The number of carbonyl (C=O) groups excluding carboxylic acids is 1. The number of carbonyl (C=O) groups is 1. The number of nitrogens with zero attached hydrogens (tertiary/aromatic N) is 4. The average molecular weight is 389 g/mol. The summed E-state index contributed by atoms with van der Waals surface area (Å²) in [6.45, 7) is 8.80. The molecule has 0 aromatic carbocycles. The second kappa shape index (κ2) is 8.71. The van der Waals surface area contributed by atoms with E-state index in [0.29, 0.717) is 11.2 Å². The van der Waals surface area contributed by atoms with Crippen LogP contribution in [0.5, 0.6) is 0 Å². The monoisotopic (exact) mass is 388 g/mol. The fourth-order valence-electron chi connectivity index (χ4n) is 3.28. The molecular weight excluding hydrogens is 356 g/mol. The van der Waals surface area contributed by atoms with E-state index in [2.05, 4.69) is 11.6 Å². The molecule has 0 saturated heterocycles. The van der Waals surface area contributed by atoms with Gasteiger partial charge in [-0.2, -0.15) is 4.57 Å². The van der Waals surface area contributed by atoms with Crippen LogP contribution in [0.25, 0.3) is 11.2 Å². The Balaban J connectivity index is 2.32. The summed E-state index contributed by atoms with van der Waals surface area (Å²) in [6.07, 6.45) is 9.29. The molecule has 7 nitrogen and oxygen atoms in total. The maximum Gasteiger partial charge on any atom is 0.339 e. The minimum Gasteiger partial charge on any atom is -0.325 e. The largest absolute Gasteiger partial charge is 0.339 e. The normalized spacial score (nSPS) is 11.9. The molecule has 0 radical (unpaired) electrons. The summed E-state index contributed by atoms with van der Waals surface area (Å²) in [5.41, 5.74) is -1.46. The lowest BCUT2D eigenvalue weighted by Gasteiger charge is -2.17. The van der Waals surface area contributed by atoms with Crippen LogP contribution in [0, 0.1) is 5.41 Å². The molecule has 0 bridgehead atoms. The van der Waals surface area contributed by atoms with Crippen molar-refractivity contribution in [1.29, 1.82) is 0 Å².